The van der Waals surface area contributed by atoms with Gasteiger partial charge >= 0.3 is 5.97 Å². The second kappa shape index (κ2) is 5.58. The molecule has 1 heterocycles. The highest BCUT2D eigenvalue weighted by atomic mass is 16.6. The van der Waals surface area contributed by atoms with Crippen LogP contribution in [0.15, 0.2) is 34.9 Å². The van der Waals surface area contributed by atoms with Gasteiger partial charge in [0.25, 0.3) is 0 Å². The highest BCUT2D eigenvalue weighted by molar-refractivity contribution is 5.83. The number of hydrogen-bond donors (Lipinski definition) is 0. The molecule has 2 aromatic rings. The van der Waals surface area contributed by atoms with E-state index >= 15 is 0 Å². The SMILES string of the molecule is CCCC(Oc1cccc2ccoc12)C(=O)OC. The number of fused-ring (bicyclic) bond motifs is 1. The number of esters is 1. The number of ether oxygens (including phenoxy) is 2. The van der Waals surface area contributed by atoms with Crippen LogP contribution in [-0.2, 0) is 9.53 Å². The molecular formula is C14H16O4. The molecule has 1 aromatic carbocycles. The summed E-state index contributed by atoms with van der Waals surface area (Å²) in [7, 11) is 1.36. The Morgan fingerprint density at radius 2 is 2.22 bits per heavy atom. The van der Waals surface area contributed by atoms with Gasteiger partial charge in [-0.3, -0.25) is 0 Å². The summed E-state index contributed by atoms with van der Waals surface area (Å²) in [5.41, 5.74) is 0.655. The Morgan fingerprint density at radius 1 is 1.39 bits per heavy atom. The van der Waals surface area contributed by atoms with E-state index in [2.05, 4.69) is 0 Å². The molecule has 18 heavy (non-hydrogen) atoms. The van der Waals surface area contributed by atoms with Gasteiger partial charge in [0.1, 0.15) is 0 Å². The molecule has 4 nitrogen and oxygen atoms in total. The van der Waals surface area contributed by atoms with Crippen LogP contribution in [0.25, 0.3) is 11.0 Å². The largest absolute Gasteiger partial charge is 0.475 e. The van der Waals surface area contributed by atoms with Crippen LogP contribution < -0.4 is 4.74 Å². The van der Waals surface area contributed by atoms with E-state index in [1.54, 1.807) is 12.3 Å². The van der Waals surface area contributed by atoms with Crippen molar-refractivity contribution in [3.8, 4) is 5.75 Å². The fourth-order valence-corrected chi connectivity index (χ4v) is 1.83. The average molecular weight is 248 g/mol. The van der Waals surface area contributed by atoms with E-state index in [1.165, 1.54) is 7.11 Å². The quantitative estimate of drug-likeness (QED) is 0.763. The van der Waals surface area contributed by atoms with Crippen molar-refractivity contribution >= 4 is 16.9 Å². The molecule has 0 amide bonds. The van der Waals surface area contributed by atoms with Gasteiger partial charge in [-0.25, -0.2) is 4.79 Å². The van der Waals surface area contributed by atoms with Gasteiger partial charge in [0.05, 0.1) is 13.4 Å². The summed E-state index contributed by atoms with van der Waals surface area (Å²) in [5, 5.41) is 0.951. The highest BCUT2D eigenvalue weighted by Crippen LogP contribution is 2.27. The van der Waals surface area contributed by atoms with Gasteiger partial charge in [-0.2, -0.15) is 0 Å². The van der Waals surface area contributed by atoms with Crippen LogP contribution in [0.1, 0.15) is 19.8 Å². The third-order valence-corrected chi connectivity index (χ3v) is 2.73. The summed E-state index contributed by atoms with van der Waals surface area (Å²) in [6.07, 6.45) is 2.47. The Hall–Kier alpha value is -1.97. The first-order valence-corrected chi connectivity index (χ1v) is 5.97. The summed E-state index contributed by atoms with van der Waals surface area (Å²) in [6, 6.07) is 7.44. The minimum atomic E-state index is -0.587. The zero-order chi connectivity index (χ0) is 13.0. The fourth-order valence-electron chi connectivity index (χ4n) is 1.83. The van der Waals surface area contributed by atoms with E-state index in [0.29, 0.717) is 17.8 Å². The second-order valence-electron chi connectivity index (χ2n) is 4.01. The minimum Gasteiger partial charge on any atom is -0.475 e. The second-order valence-corrected chi connectivity index (χ2v) is 4.01. The summed E-state index contributed by atoms with van der Waals surface area (Å²) in [4.78, 5) is 11.6. The smallest absolute Gasteiger partial charge is 0.347 e. The molecule has 0 spiro atoms. The van der Waals surface area contributed by atoms with Crippen molar-refractivity contribution in [1.82, 2.24) is 0 Å². The normalized spacial score (nSPS) is 12.3. The molecule has 0 aliphatic carbocycles. The van der Waals surface area contributed by atoms with Gasteiger partial charge in [0, 0.05) is 5.39 Å². The molecule has 0 aliphatic rings. The molecule has 0 saturated carbocycles. The number of carbonyl (C=O) groups is 1. The topological polar surface area (TPSA) is 48.7 Å². The van der Waals surface area contributed by atoms with Gasteiger partial charge in [-0.05, 0) is 18.6 Å². The van der Waals surface area contributed by atoms with Crippen molar-refractivity contribution < 1.29 is 18.7 Å². The van der Waals surface area contributed by atoms with Crippen molar-refractivity contribution in [3.63, 3.8) is 0 Å². The van der Waals surface area contributed by atoms with Crippen LogP contribution in [0.2, 0.25) is 0 Å². The molecule has 2 rings (SSSR count). The zero-order valence-electron chi connectivity index (χ0n) is 10.5. The first-order chi connectivity index (χ1) is 8.76. The number of furan rings is 1. The molecule has 1 aromatic heterocycles. The van der Waals surface area contributed by atoms with E-state index in [4.69, 9.17) is 13.9 Å². The number of hydrogen-bond acceptors (Lipinski definition) is 4. The van der Waals surface area contributed by atoms with E-state index in [9.17, 15) is 4.79 Å². The van der Waals surface area contributed by atoms with Gasteiger partial charge in [0.15, 0.2) is 17.4 Å². The lowest BCUT2D eigenvalue weighted by atomic mass is 10.2. The molecule has 0 saturated heterocycles. The maximum absolute atomic E-state index is 11.6. The van der Waals surface area contributed by atoms with Crippen molar-refractivity contribution in [2.45, 2.75) is 25.9 Å². The van der Waals surface area contributed by atoms with E-state index in [-0.39, 0.29) is 5.97 Å². The molecule has 96 valence electrons. The summed E-state index contributed by atoms with van der Waals surface area (Å²) < 4.78 is 15.8. The Labute approximate surface area is 105 Å². The van der Waals surface area contributed by atoms with Crippen LogP contribution in [0, 0.1) is 0 Å². The van der Waals surface area contributed by atoms with Crippen molar-refractivity contribution in [2.75, 3.05) is 7.11 Å². The van der Waals surface area contributed by atoms with Gasteiger partial charge in [0.2, 0.25) is 0 Å². The molecule has 0 aliphatic heterocycles. The molecule has 0 fully saturated rings. The Balaban J connectivity index is 2.25. The summed E-state index contributed by atoms with van der Waals surface area (Å²) in [6.45, 7) is 1.99. The third-order valence-electron chi connectivity index (χ3n) is 2.73. The number of methoxy groups -OCH3 is 1. The van der Waals surface area contributed by atoms with Crippen LogP contribution in [0.3, 0.4) is 0 Å². The van der Waals surface area contributed by atoms with Crippen LogP contribution >= 0.6 is 0 Å². The lowest BCUT2D eigenvalue weighted by molar-refractivity contribution is -0.149. The Bertz CT molecular complexity index is 529. The summed E-state index contributed by atoms with van der Waals surface area (Å²) >= 11 is 0. The Morgan fingerprint density at radius 3 is 2.94 bits per heavy atom. The Kier molecular flexibility index (Phi) is 3.87. The maximum Gasteiger partial charge on any atom is 0.347 e. The third kappa shape index (κ3) is 2.47. The number of para-hydroxylation sites is 1. The van der Waals surface area contributed by atoms with Crippen molar-refractivity contribution in [2.24, 2.45) is 0 Å². The highest BCUT2D eigenvalue weighted by Gasteiger charge is 2.21. The first-order valence-electron chi connectivity index (χ1n) is 5.97. The van der Waals surface area contributed by atoms with Crippen molar-refractivity contribution in [3.05, 3.63) is 30.5 Å². The number of carbonyl (C=O) groups excluding carboxylic acids is 1. The summed E-state index contributed by atoms with van der Waals surface area (Å²) in [5.74, 6) is 0.210. The monoisotopic (exact) mass is 248 g/mol. The van der Waals surface area contributed by atoms with E-state index in [0.717, 1.165) is 11.8 Å². The molecule has 1 atom stereocenters. The maximum atomic E-state index is 11.6. The van der Waals surface area contributed by atoms with E-state index in [1.807, 2.05) is 25.1 Å². The fraction of sp³-hybridized carbons (Fsp3) is 0.357. The molecule has 0 N–H and O–H groups in total. The van der Waals surface area contributed by atoms with Gasteiger partial charge < -0.3 is 13.9 Å². The van der Waals surface area contributed by atoms with Crippen LogP contribution in [0.5, 0.6) is 5.75 Å². The molecular weight excluding hydrogens is 232 g/mol. The number of rotatable bonds is 5. The molecule has 1 unspecified atom stereocenters. The van der Waals surface area contributed by atoms with Crippen LogP contribution in [0.4, 0.5) is 0 Å². The van der Waals surface area contributed by atoms with Gasteiger partial charge in [-0.15, -0.1) is 0 Å². The standard InChI is InChI=1S/C14H16O4/c1-3-5-12(14(15)16-2)18-11-7-4-6-10-8-9-17-13(10)11/h4,6-9,12H,3,5H2,1-2H3. The lowest BCUT2D eigenvalue weighted by Crippen LogP contribution is -2.28. The van der Waals surface area contributed by atoms with Crippen molar-refractivity contribution in [1.29, 1.82) is 0 Å². The van der Waals surface area contributed by atoms with E-state index < -0.39 is 6.10 Å². The number of benzene rings is 1. The van der Waals surface area contributed by atoms with Crippen LogP contribution in [-0.4, -0.2) is 19.2 Å². The average Bonchev–Trinajstić information content (AvgIpc) is 2.86. The minimum absolute atomic E-state index is 0.361. The predicted octanol–water partition coefficient (Wildman–Crippen LogP) is 3.15. The van der Waals surface area contributed by atoms with Gasteiger partial charge in [-0.1, -0.05) is 25.5 Å². The zero-order valence-corrected chi connectivity index (χ0v) is 10.5. The molecule has 0 radical (unpaired) electrons. The first kappa shape index (κ1) is 12.5. The molecule has 0 bridgehead atoms. The lowest BCUT2D eigenvalue weighted by Gasteiger charge is -2.16. The predicted molar refractivity (Wildman–Crippen MR) is 67.6 cm³/mol. The molecule has 4 heteroatoms.